The van der Waals surface area contributed by atoms with Gasteiger partial charge in [-0.15, -0.1) is 0 Å². The summed E-state index contributed by atoms with van der Waals surface area (Å²) in [5, 5.41) is 0.801. The van der Waals surface area contributed by atoms with E-state index in [0.717, 1.165) is 18.3 Å². The first-order valence-electron chi connectivity index (χ1n) is 6.70. The molecule has 0 aromatic heterocycles. The Labute approximate surface area is 109 Å². The van der Waals surface area contributed by atoms with Crippen LogP contribution >= 0.6 is 11.8 Å². The number of thioether (sulfide) groups is 1. The Balaban J connectivity index is 1.72. The number of likely N-dealkylation sites (tertiary alicyclic amines) is 2. The lowest BCUT2D eigenvalue weighted by Gasteiger charge is -2.49. The third-order valence-electron chi connectivity index (χ3n) is 4.08. The molecule has 0 atom stereocenters. The van der Waals surface area contributed by atoms with E-state index < -0.39 is 5.67 Å². The summed E-state index contributed by atoms with van der Waals surface area (Å²) in [5.74, 6) is 0. The molecule has 2 rings (SSSR count). The molecule has 2 saturated heterocycles. The molecule has 0 spiro atoms. The molecular weight excluding hydrogens is 235 g/mol. The Morgan fingerprint density at radius 3 is 2.35 bits per heavy atom. The van der Waals surface area contributed by atoms with E-state index in [1.807, 2.05) is 11.8 Å². The van der Waals surface area contributed by atoms with E-state index in [4.69, 9.17) is 0 Å². The molecule has 0 aliphatic carbocycles. The molecule has 0 amide bonds. The summed E-state index contributed by atoms with van der Waals surface area (Å²) in [6.45, 7) is 8.36. The van der Waals surface area contributed by atoms with Gasteiger partial charge in [-0.05, 0) is 46.0 Å². The summed E-state index contributed by atoms with van der Waals surface area (Å²) in [7, 11) is 0. The Hall–Kier alpha value is 0.200. The molecule has 2 aliphatic rings. The van der Waals surface area contributed by atoms with Crippen molar-refractivity contribution in [2.24, 2.45) is 0 Å². The number of hydrogen-bond donors (Lipinski definition) is 0. The molecule has 100 valence electrons. The largest absolute Gasteiger partial charge is 0.300 e. The quantitative estimate of drug-likeness (QED) is 0.765. The predicted molar refractivity (Wildman–Crippen MR) is 73.5 cm³/mol. The summed E-state index contributed by atoms with van der Waals surface area (Å²) in [6.07, 6.45) is 4.64. The van der Waals surface area contributed by atoms with E-state index >= 15 is 0 Å². The number of nitrogens with zero attached hydrogens (tertiary/aromatic N) is 2. The van der Waals surface area contributed by atoms with Crippen molar-refractivity contribution in [1.82, 2.24) is 9.80 Å². The topological polar surface area (TPSA) is 6.48 Å². The van der Waals surface area contributed by atoms with Gasteiger partial charge in [0.15, 0.2) is 0 Å². The van der Waals surface area contributed by atoms with Crippen molar-refractivity contribution in [3.8, 4) is 0 Å². The standard InChI is InChI=1S/C13H25FN2S/c1-11(2)16-9-13(14,10-16)8-15-6-4-12(17-3)5-7-15/h11-12H,4-10H2,1-3H3. The van der Waals surface area contributed by atoms with Gasteiger partial charge in [-0.2, -0.15) is 11.8 Å². The van der Waals surface area contributed by atoms with Gasteiger partial charge in [-0.3, -0.25) is 9.80 Å². The van der Waals surface area contributed by atoms with Crippen LogP contribution < -0.4 is 0 Å². The van der Waals surface area contributed by atoms with Crippen LogP contribution in [0.2, 0.25) is 0 Å². The van der Waals surface area contributed by atoms with Crippen LogP contribution in [0, 0.1) is 0 Å². The van der Waals surface area contributed by atoms with Crippen molar-refractivity contribution in [1.29, 1.82) is 0 Å². The van der Waals surface area contributed by atoms with Crippen molar-refractivity contribution in [3.63, 3.8) is 0 Å². The maximum absolute atomic E-state index is 14.4. The fourth-order valence-electron chi connectivity index (χ4n) is 2.85. The third kappa shape index (κ3) is 3.36. The smallest absolute Gasteiger partial charge is 0.148 e. The highest BCUT2D eigenvalue weighted by Gasteiger charge is 2.45. The first kappa shape index (κ1) is 13.6. The maximum atomic E-state index is 14.4. The fraction of sp³-hybridized carbons (Fsp3) is 1.00. The molecule has 2 heterocycles. The molecule has 2 fully saturated rings. The Kier molecular flexibility index (Phi) is 4.37. The first-order valence-corrected chi connectivity index (χ1v) is 7.99. The molecule has 2 nitrogen and oxygen atoms in total. The van der Waals surface area contributed by atoms with Crippen LogP contribution in [0.4, 0.5) is 4.39 Å². The average molecular weight is 260 g/mol. The zero-order valence-electron chi connectivity index (χ0n) is 11.3. The summed E-state index contributed by atoms with van der Waals surface area (Å²) in [4.78, 5) is 4.54. The lowest BCUT2D eigenvalue weighted by Crippen LogP contribution is -2.65. The highest BCUT2D eigenvalue weighted by atomic mass is 32.2. The monoisotopic (exact) mass is 260 g/mol. The van der Waals surface area contributed by atoms with Gasteiger partial charge in [-0.25, -0.2) is 4.39 Å². The van der Waals surface area contributed by atoms with Crippen LogP contribution in [-0.2, 0) is 0 Å². The number of piperidine rings is 1. The first-order chi connectivity index (χ1) is 8.02. The van der Waals surface area contributed by atoms with E-state index in [1.54, 1.807) is 0 Å². The lowest BCUT2D eigenvalue weighted by molar-refractivity contribution is -0.0700. The minimum atomic E-state index is -0.934. The Morgan fingerprint density at radius 2 is 1.88 bits per heavy atom. The minimum Gasteiger partial charge on any atom is -0.300 e. The molecule has 0 unspecified atom stereocenters. The van der Waals surface area contributed by atoms with E-state index in [-0.39, 0.29) is 0 Å². The lowest BCUT2D eigenvalue weighted by atomic mass is 9.93. The van der Waals surface area contributed by atoms with Crippen LogP contribution in [0.1, 0.15) is 26.7 Å². The number of hydrogen-bond acceptors (Lipinski definition) is 3. The van der Waals surface area contributed by atoms with Gasteiger partial charge < -0.3 is 0 Å². The number of halogens is 1. The Morgan fingerprint density at radius 1 is 1.29 bits per heavy atom. The van der Waals surface area contributed by atoms with Gasteiger partial charge in [0.1, 0.15) is 5.67 Å². The SMILES string of the molecule is CSC1CCN(CC2(F)CN(C(C)C)C2)CC1. The molecule has 0 N–H and O–H groups in total. The highest BCUT2D eigenvalue weighted by Crippen LogP contribution is 2.30. The highest BCUT2D eigenvalue weighted by molar-refractivity contribution is 7.99. The van der Waals surface area contributed by atoms with Crippen molar-refractivity contribution < 1.29 is 4.39 Å². The number of rotatable bonds is 4. The predicted octanol–water partition coefficient (Wildman–Crippen LogP) is 2.25. The fourth-order valence-corrected chi connectivity index (χ4v) is 3.53. The van der Waals surface area contributed by atoms with Crippen LogP contribution in [0.5, 0.6) is 0 Å². The molecular formula is C13H25FN2S. The van der Waals surface area contributed by atoms with Crippen molar-refractivity contribution in [3.05, 3.63) is 0 Å². The molecule has 0 saturated carbocycles. The van der Waals surface area contributed by atoms with Gasteiger partial charge in [0.25, 0.3) is 0 Å². The molecule has 0 aromatic carbocycles. The second-order valence-electron chi connectivity index (χ2n) is 5.86. The van der Waals surface area contributed by atoms with E-state index in [2.05, 4.69) is 29.9 Å². The zero-order valence-corrected chi connectivity index (χ0v) is 12.1. The molecule has 2 aliphatic heterocycles. The van der Waals surface area contributed by atoms with Crippen molar-refractivity contribution in [2.45, 2.75) is 43.6 Å². The van der Waals surface area contributed by atoms with Gasteiger partial charge in [0.2, 0.25) is 0 Å². The molecule has 0 aromatic rings. The van der Waals surface area contributed by atoms with Gasteiger partial charge in [0.05, 0.1) is 0 Å². The van der Waals surface area contributed by atoms with E-state index in [9.17, 15) is 4.39 Å². The van der Waals surface area contributed by atoms with Gasteiger partial charge >= 0.3 is 0 Å². The second kappa shape index (κ2) is 5.45. The summed E-state index contributed by atoms with van der Waals surface area (Å²) in [5.41, 5.74) is -0.934. The minimum absolute atomic E-state index is 0.487. The maximum Gasteiger partial charge on any atom is 0.148 e. The second-order valence-corrected chi connectivity index (χ2v) is 7.00. The van der Waals surface area contributed by atoms with Crippen LogP contribution in [0.3, 0.4) is 0 Å². The molecule has 4 heteroatoms. The molecule has 0 radical (unpaired) electrons. The van der Waals surface area contributed by atoms with Crippen LogP contribution in [0.25, 0.3) is 0 Å². The molecule has 0 bridgehead atoms. The van der Waals surface area contributed by atoms with E-state index in [0.29, 0.717) is 25.7 Å². The van der Waals surface area contributed by atoms with Gasteiger partial charge in [-0.1, -0.05) is 0 Å². The third-order valence-corrected chi connectivity index (χ3v) is 5.22. The summed E-state index contributed by atoms with van der Waals surface area (Å²) >= 11 is 1.96. The zero-order chi connectivity index (χ0) is 12.5. The number of alkyl halides is 1. The van der Waals surface area contributed by atoms with Crippen molar-refractivity contribution >= 4 is 11.8 Å². The summed E-state index contributed by atoms with van der Waals surface area (Å²) in [6, 6.07) is 0.487. The normalized spacial score (nSPS) is 27.4. The van der Waals surface area contributed by atoms with Crippen LogP contribution in [-0.4, -0.2) is 65.7 Å². The average Bonchev–Trinajstić information content (AvgIpc) is 2.26. The van der Waals surface area contributed by atoms with Gasteiger partial charge in [0, 0.05) is 30.9 Å². The van der Waals surface area contributed by atoms with E-state index in [1.165, 1.54) is 12.8 Å². The Bertz CT molecular complexity index is 246. The molecule has 17 heavy (non-hydrogen) atoms. The van der Waals surface area contributed by atoms with Crippen molar-refractivity contribution in [2.75, 3.05) is 39.0 Å². The summed E-state index contributed by atoms with van der Waals surface area (Å²) < 4.78 is 14.4. The van der Waals surface area contributed by atoms with Crippen LogP contribution in [0.15, 0.2) is 0 Å².